The van der Waals surface area contributed by atoms with Gasteiger partial charge in [0.2, 0.25) is 5.02 Å². The maximum atomic E-state index is 15.2. The smallest absolute Gasteiger partial charge is 0.229 e. The van der Waals surface area contributed by atoms with Crippen molar-refractivity contribution in [2.24, 2.45) is 0 Å². The molecule has 7 heteroatoms. The molecule has 0 aliphatic carbocycles. The van der Waals surface area contributed by atoms with Gasteiger partial charge in [0.25, 0.3) is 0 Å². The highest BCUT2D eigenvalue weighted by Crippen LogP contribution is 2.46. The van der Waals surface area contributed by atoms with Gasteiger partial charge in [0.05, 0.1) is 44.4 Å². The molecule has 0 unspecified atom stereocenters. The molecule has 1 saturated heterocycles. The normalized spacial score (nSPS) is 19.1. The van der Waals surface area contributed by atoms with Gasteiger partial charge in [-0.05, 0) is 53.3 Å². The molecule has 0 bridgehead atoms. The van der Waals surface area contributed by atoms with Crippen molar-refractivity contribution in [3.63, 3.8) is 0 Å². The molecule has 49 heavy (non-hydrogen) atoms. The van der Waals surface area contributed by atoms with Crippen LogP contribution in [0.3, 0.4) is 0 Å². The Labute approximate surface area is 298 Å². The van der Waals surface area contributed by atoms with Crippen LogP contribution >= 0.6 is 11.8 Å². The van der Waals surface area contributed by atoms with E-state index in [2.05, 4.69) is 48.5 Å². The zero-order valence-corrected chi connectivity index (χ0v) is 29.3. The van der Waals surface area contributed by atoms with Crippen LogP contribution in [0, 0.1) is 17.4 Å². The Morgan fingerprint density at radius 1 is 0.714 bits per heavy atom. The summed E-state index contributed by atoms with van der Waals surface area (Å²) in [5, 5.41) is 0.809. The van der Waals surface area contributed by atoms with E-state index in [1.54, 1.807) is 6.07 Å². The van der Waals surface area contributed by atoms with Gasteiger partial charge in [-0.25, -0.2) is 4.39 Å². The second kappa shape index (κ2) is 17.8. The van der Waals surface area contributed by atoms with E-state index in [1.165, 1.54) is 6.07 Å². The van der Waals surface area contributed by atoms with Gasteiger partial charge in [-0.15, -0.1) is 11.8 Å². The first kappa shape index (κ1) is 35.2. The first-order valence-corrected chi connectivity index (χ1v) is 18.2. The summed E-state index contributed by atoms with van der Waals surface area (Å²) in [5.74, 6) is 0.224. The average molecular weight is 698 g/mol. The molecule has 5 aromatic carbocycles. The summed E-state index contributed by atoms with van der Waals surface area (Å²) in [6.45, 7) is 4.45. The van der Waals surface area contributed by atoms with Crippen LogP contribution in [0.1, 0.15) is 52.0 Å². The Balaban J connectivity index is 1.29. The van der Waals surface area contributed by atoms with E-state index in [-0.39, 0.29) is 28.5 Å². The van der Waals surface area contributed by atoms with Crippen LogP contribution in [-0.2, 0) is 40.5 Å². The quantitative estimate of drug-likeness (QED) is 0.109. The van der Waals surface area contributed by atoms with E-state index in [4.69, 9.17) is 30.5 Å². The molecule has 0 amide bonds. The summed E-state index contributed by atoms with van der Waals surface area (Å²) in [4.78, 5) is 0. The van der Waals surface area contributed by atoms with Crippen LogP contribution < -0.4 is 4.74 Å². The molecule has 6 rings (SSSR count). The number of benzene rings is 5. The summed E-state index contributed by atoms with van der Waals surface area (Å²) in [6, 6.07) is 42.0. The van der Waals surface area contributed by atoms with Gasteiger partial charge in [-0.3, -0.25) is 0 Å². The van der Waals surface area contributed by atoms with Crippen molar-refractivity contribution in [2.75, 3.05) is 13.2 Å². The highest BCUT2D eigenvalue weighted by atomic mass is 35.5. The van der Waals surface area contributed by atoms with Gasteiger partial charge < -0.3 is 18.9 Å². The van der Waals surface area contributed by atoms with E-state index in [0.29, 0.717) is 55.8 Å². The molecule has 5 aromatic rings. The number of ether oxygens (including phenoxy) is 4. The minimum atomic E-state index is -0.299. The lowest BCUT2D eigenvalue weighted by atomic mass is 9.95. The Morgan fingerprint density at radius 3 is 1.98 bits per heavy atom. The molecule has 1 fully saturated rings. The lowest BCUT2D eigenvalue weighted by Gasteiger charge is -2.41. The largest absolute Gasteiger partial charge is 0.494 e. The molecule has 0 radical (unpaired) electrons. The summed E-state index contributed by atoms with van der Waals surface area (Å²) in [6.07, 6.45) is 0.738. The van der Waals surface area contributed by atoms with Gasteiger partial charge in [-0.2, -0.15) is 0 Å². The fraction of sp³-hybridized carbons (Fsp3) is 0.286. The molecule has 0 aromatic heterocycles. The van der Waals surface area contributed by atoms with E-state index >= 15 is 4.39 Å². The number of hydrogen-bond acceptors (Lipinski definition) is 5. The zero-order chi connectivity index (χ0) is 33.8. The van der Waals surface area contributed by atoms with E-state index in [1.807, 2.05) is 85.4 Å². The van der Waals surface area contributed by atoms with Crippen molar-refractivity contribution in [1.82, 2.24) is 0 Å². The van der Waals surface area contributed by atoms with Crippen molar-refractivity contribution >= 4 is 11.8 Å². The summed E-state index contributed by atoms with van der Waals surface area (Å²) >= 11 is 7.65. The van der Waals surface area contributed by atoms with Crippen LogP contribution in [0.15, 0.2) is 127 Å². The SMILES string of the molecule is CCOc1ccc(Cc2cc([C@@H]3S[C@H](COCc4ccccc4)C[C@H](OCc4ccccc4)[C@H]3OCc3ccccc3)ccc2[ClH+])c(F)c1. The fourth-order valence-electron chi connectivity index (χ4n) is 6.14. The Hall–Kier alpha value is -3.65. The Bertz CT molecular complexity index is 1740. The van der Waals surface area contributed by atoms with E-state index in [0.717, 1.165) is 34.2 Å². The molecule has 0 spiro atoms. The third-order valence-corrected chi connectivity index (χ3v) is 10.6. The molecule has 4 nitrogen and oxygen atoms in total. The Kier molecular flexibility index (Phi) is 12.8. The van der Waals surface area contributed by atoms with Crippen LogP contribution in [0.25, 0.3) is 0 Å². The van der Waals surface area contributed by atoms with Crippen LogP contribution in [-0.4, -0.2) is 30.7 Å². The molecular formula is C42H43ClFO4S+. The second-order valence-electron chi connectivity index (χ2n) is 12.2. The molecule has 0 N–H and O–H groups in total. The van der Waals surface area contributed by atoms with Crippen LogP contribution in [0.2, 0.25) is 5.02 Å². The van der Waals surface area contributed by atoms with Gasteiger partial charge >= 0.3 is 0 Å². The maximum absolute atomic E-state index is 15.2. The monoisotopic (exact) mass is 697 g/mol. The van der Waals surface area contributed by atoms with Crippen molar-refractivity contribution in [2.45, 2.75) is 62.3 Å². The predicted octanol–water partition coefficient (Wildman–Crippen LogP) is 9.45. The maximum Gasteiger partial charge on any atom is 0.229 e. The zero-order valence-electron chi connectivity index (χ0n) is 27.7. The summed E-state index contributed by atoms with van der Waals surface area (Å²) in [7, 11) is 0. The predicted molar refractivity (Wildman–Crippen MR) is 192 cm³/mol. The highest BCUT2D eigenvalue weighted by molar-refractivity contribution is 8.00. The minimum Gasteiger partial charge on any atom is -0.494 e. The lowest BCUT2D eigenvalue weighted by molar-refractivity contribution is -0.290. The van der Waals surface area contributed by atoms with E-state index < -0.39 is 0 Å². The molecule has 0 saturated carbocycles. The first-order valence-electron chi connectivity index (χ1n) is 16.8. The molecule has 4 atom stereocenters. The fourth-order valence-corrected chi connectivity index (χ4v) is 7.94. The van der Waals surface area contributed by atoms with E-state index in [9.17, 15) is 0 Å². The topological polar surface area (TPSA) is 36.9 Å². The molecule has 254 valence electrons. The number of thioether (sulfide) groups is 1. The standard InChI is InChI=1S/C42H43ClFO4S/c1-2-46-36-20-18-33(39(44)24-36)22-35-23-34(19-21-38(35)43)42-41(48-28-32-16-10-5-11-17-32)40(47-27-31-14-8-4-9-15-31)25-37(49-42)29-45-26-30-12-6-3-7-13-30/h3-21,23-24,37,40-43H,2,22,25-29H2,1H3/q+1/t37-,40-,41+,42-/m0/s1. The summed E-state index contributed by atoms with van der Waals surface area (Å²) in [5.41, 5.74) is 5.94. The number of halogens is 2. The highest BCUT2D eigenvalue weighted by Gasteiger charge is 2.41. The molecule has 1 aliphatic rings. The molecule has 1 heterocycles. The Morgan fingerprint density at radius 2 is 1.35 bits per heavy atom. The van der Waals surface area contributed by atoms with Gasteiger partial charge in [0, 0.05) is 29.4 Å². The average Bonchev–Trinajstić information content (AvgIpc) is 3.13. The van der Waals surface area contributed by atoms with Gasteiger partial charge in [0.15, 0.2) is 11.6 Å². The lowest BCUT2D eigenvalue weighted by Crippen LogP contribution is -2.43. The van der Waals surface area contributed by atoms with Gasteiger partial charge in [0.1, 0.15) is 17.7 Å². The van der Waals surface area contributed by atoms with Crippen molar-refractivity contribution in [1.29, 1.82) is 0 Å². The van der Waals surface area contributed by atoms with Crippen molar-refractivity contribution in [3.8, 4) is 5.75 Å². The molecule has 1 aliphatic heterocycles. The summed E-state index contributed by atoms with van der Waals surface area (Å²) < 4.78 is 40.5. The van der Waals surface area contributed by atoms with Crippen molar-refractivity contribution < 1.29 is 34.9 Å². The van der Waals surface area contributed by atoms with Crippen molar-refractivity contribution in [3.05, 3.63) is 172 Å². The number of rotatable bonds is 15. The molecular weight excluding hydrogens is 655 g/mol. The van der Waals surface area contributed by atoms with Crippen LogP contribution in [0.4, 0.5) is 4.39 Å². The first-order chi connectivity index (χ1) is 24.1. The number of hydrogen-bond donors (Lipinski definition) is 0. The van der Waals surface area contributed by atoms with Gasteiger partial charge in [-0.1, -0.05) is 103 Å². The third-order valence-electron chi connectivity index (χ3n) is 8.64. The third kappa shape index (κ3) is 9.96. The minimum absolute atomic E-state index is 0.0666. The second-order valence-corrected chi connectivity index (χ2v) is 14.1. The van der Waals surface area contributed by atoms with Crippen LogP contribution in [0.5, 0.6) is 5.75 Å².